The number of rotatable bonds is 4. The fraction of sp³-hybridized carbons (Fsp3) is 0.214. The van der Waals surface area contributed by atoms with Crippen molar-refractivity contribution in [3.8, 4) is 0 Å². The fourth-order valence-corrected chi connectivity index (χ4v) is 3.01. The number of aromatic nitrogens is 1. The van der Waals surface area contributed by atoms with E-state index in [0.29, 0.717) is 12.2 Å². The normalized spacial score (nSPS) is 11.3. The number of aryl methyl sites for hydroxylation is 2. The van der Waals surface area contributed by atoms with Crippen LogP contribution in [0.4, 0.5) is 5.69 Å². The molecule has 2 rings (SSSR count). The van der Waals surface area contributed by atoms with Gasteiger partial charge in [-0.25, -0.2) is 8.42 Å². The molecule has 0 fully saturated rings. The van der Waals surface area contributed by atoms with Crippen molar-refractivity contribution in [2.24, 2.45) is 5.73 Å². The molecule has 0 saturated carbocycles. The average molecular weight is 291 g/mol. The van der Waals surface area contributed by atoms with Gasteiger partial charge in [0.2, 0.25) is 0 Å². The van der Waals surface area contributed by atoms with Crippen molar-refractivity contribution in [1.29, 1.82) is 0 Å². The number of hydrogen-bond donors (Lipinski definition) is 2. The number of nitrogens with one attached hydrogen (secondary N) is 1. The van der Waals surface area contributed by atoms with Crippen LogP contribution in [0.3, 0.4) is 0 Å². The quantitative estimate of drug-likeness (QED) is 0.901. The van der Waals surface area contributed by atoms with E-state index in [1.54, 1.807) is 43.6 Å². The molecule has 20 heavy (non-hydrogen) atoms. The van der Waals surface area contributed by atoms with Gasteiger partial charge in [0, 0.05) is 18.9 Å². The first kappa shape index (κ1) is 14.5. The summed E-state index contributed by atoms with van der Waals surface area (Å²) >= 11 is 0. The van der Waals surface area contributed by atoms with Crippen LogP contribution in [0.1, 0.15) is 16.7 Å². The number of benzene rings is 1. The number of nitrogens with two attached hydrogens (primary N) is 1. The van der Waals surface area contributed by atoms with Crippen molar-refractivity contribution < 1.29 is 8.42 Å². The molecule has 0 aliphatic carbocycles. The van der Waals surface area contributed by atoms with E-state index < -0.39 is 10.0 Å². The SMILES string of the molecule is Cc1ccc(S(=O)(=O)Nc2ccncc2C)cc1CN. The van der Waals surface area contributed by atoms with Crippen molar-refractivity contribution in [1.82, 2.24) is 4.98 Å². The molecule has 0 bridgehead atoms. The fourth-order valence-electron chi connectivity index (χ4n) is 1.83. The molecule has 0 saturated heterocycles. The van der Waals surface area contributed by atoms with Crippen molar-refractivity contribution in [2.45, 2.75) is 25.3 Å². The van der Waals surface area contributed by atoms with E-state index in [1.165, 1.54) is 0 Å². The Kier molecular flexibility index (Phi) is 4.06. The highest BCUT2D eigenvalue weighted by atomic mass is 32.2. The Bertz CT molecular complexity index is 727. The van der Waals surface area contributed by atoms with Gasteiger partial charge < -0.3 is 5.73 Å². The summed E-state index contributed by atoms with van der Waals surface area (Å²) in [6.45, 7) is 4.01. The third kappa shape index (κ3) is 2.97. The number of pyridine rings is 1. The van der Waals surface area contributed by atoms with E-state index >= 15 is 0 Å². The summed E-state index contributed by atoms with van der Waals surface area (Å²) in [6, 6.07) is 6.57. The Morgan fingerprint density at radius 1 is 1.20 bits per heavy atom. The van der Waals surface area contributed by atoms with Gasteiger partial charge in [-0.2, -0.15) is 0 Å². The van der Waals surface area contributed by atoms with E-state index in [4.69, 9.17) is 5.73 Å². The highest BCUT2D eigenvalue weighted by Gasteiger charge is 2.16. The van der Waals surface area contributed by atoms with Gasteiger partial charge in [0.1, 0.15) is 0 Å². The average Bonchev–Trinajstić information content (AvgIpc) is 2.41. The summed E-state index contributed by atoms with van der Waals surface area (Å²) in [6.07, 6.45) is 3.16. The minimum atomic E-state index is -3.62. The van der Waals surface area contributed by atoms with Crippen LogP contribution in [0.5, 0.6) is 0 Å². The molecule has 1 heterocycles. The second-order valence-corrected chi connectivity index (χ2v) is 6.27. The lowest BCUT2D eigenvalue weighted by Gasteiger charge is -2.11. The highest BCUT2D eigenvalue weighted by molar-refractivity contribution is 7.92. The lowest BCUT2D eigenvalue weighted by Crippen LogP contribution is -2.14. The van der Waals surface area contributed by atoms with E-state index in [1.807, 2.05) is 6.92 Å². The number of anilines is 1. The van der Waals surface area contributed by atoms with Crippen LogP contribution in [-0.4, -0.2) is 13.4 Å². The van der Waals surface area contributed by atoms with E-state index in [2.05, 4.69) is 9.71 Å². The summed E-state index contributed by atoms with van der Waals surface area (Å²) in [4.78, 5) is 4.14. The van der Waals surface area contributed by atoms with Gasteiger partial charge in [0.25, 0.3) is 10.0 Å². The van der Waals surface area contributed by atoms with Crippen LogP contribution in [0.25, 0.3) is 0 Å². The summed E-state index contributed by atoms with van der Waals surface area (Å²) in [7, 11) is -3.62. The van der Waals surface area contributed by atoms with Crippen LogP contribution < -0.4 is 10.5 Å². The van der Waals surface area contributed by atoms with Gasteiger partial charge in [-0.15, -0.1) is 0 Å². The van der Waals surface area contributed by atoms with Gasteiger partial charge in [-0.05, 0) is 48.7 Å². The number of nitrogens with zero attached hydrogens (tertiary/aromatic N) is 1. The first-order valence-electron chi connectivity index (χ1n) is 6.17. The lowest BCUT2D eigenvalue weighted by atomic mass is 10.1. The molecule has 0 atom stereocenters. The summed E-state index contributed by atoms with van der Waals surface area (Å²) in [5, 5.41) is 0. The molecule has 106 valence electrons. The minimum Gasteiger partial charge on any atom is -0.326 e. The van der Waals surface area contributed by atoms with Crippen LogP contribution >= 0.6 is 0 Å². The van der Waals surface area contributed by atoms with Gasteiger partial charge in [0.15, 0.2) is 0 Å². The largest absolute Gasteiger partial charge is 0.326 e. The molecule has 0 aliphatic heterocycles. The Balaban J connectivity index is 2.38. The second-order valence-electron chi connectivity index (χ2n) is 4.59. The van der Waals surface area contributed by atoms with E-state index in [0.717, 1.165) is 16.7 Å². The van der Waals surface area contributed by atoms with Gasteiger partial charge in [-0.1, -0.05) is 6.07 Å². The highest BCUT2D eigenvalue weighted by Crippen LogP contribution is 2.20. The molecule has 2 aromatic rings. The Morgan fingerprint density at radius 3 is 2.60 bits per heavy atom. The predicted octanol–water partition coefficient (Wildman–Crippen LogP) is 1.96. The maximum absolute atomic E-state index is 12.4. The minimum absolute atomic E-state index is 0.208. The molecule has 0 aliphatic rings. The predicted molar refractivity (Wildman–Crippen MR) is 78.9 cm³/mol. The zero-order valence-electron chi connectivity index (χ0n) is 11.4. The molecule has 5 nitrogen and oxygen atoms in total. The summed E-state index contributed by atoms with van der Waals surface area (Å²) in [5.74, 6) is 0. The first-order chi connectivity index (χ1) is 9.44. The van der Waals surface area contributed by atoms with Gasteiger partial charge >= 0.3 is 0 Å². The van der Waals surface area contributed by atoms with Crippen LogP contribution in [0.2, 0.25) is 0 Å². The number of hydrogen-bond acceptors (Lipinski definition) is 4. The first-order valence-corrected chi connectivity index (χ1v) is 7.65. The van der Waals surface area contributed by atoms with Crippen molar-refractivity contribution in [3.05, 3.63) is 53.3 Å². The van der Waals surface area contributed by atoms with Crippen LogP contribution in [-0.2, 0) is 16.6 Å². The van der Waals surface area contributed by atoms with E-state index in [9.17, 15) is 8.42 Å². The molecule has 6 heteroatoms. The molecule has 0 amide bonds. The Labute approximate surface area is 118 Å². The lowest BCUT2D eigenvalue weighted by molar-refractivity contribution is 0.601. The molecule has 0 unspecified atom stereocenters. The summed E-state index contributed by atoms with van der Waals surface area (Å²) in [5.41, 5.74) is 8.70. The Hall–Kier alpha value is -1.92. The maximum atomic E-state index is 12.4. The smallest absolute Gasteiger partial charge is 0.261 e. The zero-order chi connectivity index (χ0) is 14.8. The molecule has 0 spiro atoms. The molecule has 1 aromatic carbocycles. The van der Waals surface area contributed by atoms with Crippen molar-refractivity contribution >= 4 is 15.7 Å². The maximum Gasteiger partial charge on any atom is 0.261 e. The number of sulfonamides is 1. The third-order valence-electron chi connectivity index (χ3n) is 3.12. The van der Waals surface area contributed by atoms with Crippen molar-refractivity contribution in [2.75, 3.05) is 4.72 Å². The van der Waals surface area contributed by atoms with Crippen LogP contribution in [0.15, 0.2) is 41.6 Å². The molecule has 1 aromatic heterocycles. The summed E-state index contributed by atoms with van der Waals surface area (Å²) < 4.78 is 27.3. The van der Waals surface area contributed by atoms with Crippen molar-refractivity contribution in [3.63, 3.8) is 0 Å². The topological polar surface area (TPSA) is 85.1 Å². The monoisotopic (exact) mass is 291 g/mol. The molecular formula is C14H17N3O2S. The van der Waals surface area contributed by atoms with Gasteiger partial charge in [-0.3, -0.25) is 9.71 Å². The molecule has 0 radical (unpaired) electrons. The van der Waals surface area contributed by atoms with Crippen LogP contribution in [0, 0.1) is 13.8 Å². The third-order valence-corrected chi connectivity index (χ3v) is 4.48. The molecule has 3 N–H and O–H groups in total. The van der Waals surface area contributed by atoms with Gasteiger partial charge in [0.05, 0.1) is 10.6 Å². The zero-order valence-corrected chi connectivity index (χ0v) is 12.2. The Morgan fingerprint density at radius 2 is 1.95 bits per heavy atom. The van der Waals surface area contributed by atoms with E-state index in [-0.39, 0.29) is 4.90 Å². The second kappa shape index (κ2) is 5.60. The standard InChI is InChI=1S/C14H17N3O2S/c1-10-3-4-13(7-12(10)8-15)20(18,19)17-14-5-6-16-9-11(14)2/h3-7,9H,8,15H2,1-2H3,(H,16,17). The molecular weight excluding hydrogens is 274 g/mol.